The van der Waals surface area contributed by atoms with Crippen LogP contribution in [0.25, 0.3) is 22.1 Å². The lowest BCUT2D eigenvalue weighted by atomic mass is 10.1. The van der Waals surface area contributed by atoms with Gasteiger partial charge in [-0.1, -0.05) is 43.5 Å². The SMILES string of the molecule is CCCn1c(Oc2ccc3cccc(Cl)c3n2)nc(=O)c2[nH]c(C3CCCC3)nc21. The third kappa shape index (κ3) is 3.33. The molecule has 0 atom stereocenters. The molecule has 1 aliphatic carbocycles. The summed E-state index contributed by atoms with van der Waals surface area (Å²) >= 11 is 6.28. The molecule has 4 aromatic rings. The fourth-order valence-electron chi connectivity index (χ4n) is 4.16. The van der Waals surface area contributed by atoms with E-state index in [0.29, 0.717) is 40.0 Å². The van der Waals surface area contributed by atoms with E-state index in [-0.39, 0.29) is 11.6 Å². The summed E-state index contributed by atoms with van der Waals surface area (Å²) in [4.78, 5) is 29.5. The Balaban J connectivity index is 1.60. The van der Waals surface area contributed by atoms with Gasteiger partial charge in [-0.3, -0.25) is 9.36 Å². The summed E-state index contributed by atoms with van der Waals surface area (Å²) < 4.78 is 7.83. The van der Waals surface area contributed by atoms with E-state index in [4.69, 9.17) is 21.3 Å². The quantitative estimate of drug-likeness (QED) is 0.478. The number of nitrogens with one attached hydrogen (secondary N) is 1. The number of benzene rings is 1. The lowest BCUT2D eigenvalue weighted by Crippen LogP contribution is -2.16. The smallest absolute Gasteiger partial charge is 0.308 e. The first kappa shape index (κ1) is 19.1. The van der Waals surface area contributed by atoms with Gasteiger partial charge in [-0.15, -0.1) is 0 Å². The monoisotopic (exact) mass is 423 g/mol. The van der Waals surface area contributed by atoms with Gasteiger partial charge in [0, 0.05) is 23.9 Å². The minimum absolute atomic E-state index is 0.192. The van der Waals surface area contributed by atoms with Crippen molar-refractivity contribution < 1.29 is 4.74 Å². The summed E-state index contributed by atoms with van der Waals surface area (Å²) in [5, 5.41) is 1.46. The second-order valence-electron chi connectivity index (χ2n) is 7.72. The molecule has 0 aliphatic heterocycles. The highest BCUT2D eigenvalue weighted by Gasteiger charge is 2.23. The van der Waals surface area contributed by atoms with Gasteiger partial charge in [0.1, 0.15) is 5.82 Å². The Morgan fingerprint density at radius 1 is 1.17 bits per heavy atom. The number of hydrogen-bond donors (Lipinski definition) is 1. The van der Waals surface area contributed by atoms with Crippen molar-refractivity contribution in [1.82, 2.24) is 24.5 Å². The van der Waals surface area contributed by atoms with Gasteiger partial charge in [-0.25, -0.2) is 9.97 Å². The number of fused-ring (bicyclic) bond motifs is 2. The normalized spacial score (nSPS) is 14.7. The Morgan fingerprint density at radius 2 is 2.00 bits per heavy atom. The Bertz CT molecular complexity index is 1290. The van der Waals surface area contributed by atoms with Crippen LogP contribution in [0.4, 0.5) is 0 Å². The molecule has 1 fully saturated rings. The zero-order valence-electron chi connectivity index (χ0n) is 16.7. The number of nitrogens with zero attached hydrogens (tertiary/aromatic N) is 4. The number of aryl methyl sites for hydroxylation is 1. The Labute approximate surface area is 178 Å². The van der Waals surface area contributed by atoms with Gasteiger partial charge in [0.25, 0.3) is 0 Å². The second-order valence-corrected chi connectivity index (χ2v) is 8.12. The first-order valence-corrected chi connectivity index (χ1v) is 10.8. The van der Waals surface area contributed by atoms with Gasteiger partial charge in [0.05, 0.1) is 10.5 Å². The molecule has 0 radical (unpaired) electrons. The van der Waals surface area contributed by atoms with E-state index in [1.54, 1.807) is 12.1 Å². The van der Waals surface area contributed by atoms with Crippen molar-refractivity contribution in [1.29, 1.82) is 0 Å². The number of hydrogen-bond acceptors (Lipinski definition) is 5. The minimum Gasteiger partial charge on any atom is -0.406 e. The highest BCUT2D eigenvalue weighted by atomic mass is 35.5. The molecule has 1 aromatic carbocycles. The van der Waals surface area contributed by atoms with Crippen molar-refractivity contribution in [2.45, 2.75) is 51.5 Å². The Hall–Kier alpha value is -2.93. The molecule has 8 heteroatoms. The molecule has 0 amide bonds. The van der Waals surface area contributed by atoms with E-state index in [2.05, 4.69) is 21.9 Å². The lowest BCUT2D eigenvalue weighted by Gasteiger charge is -2.12. The summed E-state index contributed by atoms with van der Waals surface area (Å²) in [5.74, 6) is 1.58. The van der Waals surface area contributed by atoms with Crippen LogP contribution in [0, 0.1) is 0 Å². The molecule has 0 saturated heterocycles. The van der Waals surface area contributed by atoms with Crippen molar-refractivity contribution in [2.75, 3.05) is 0 Å². The van der Waals surface area contributed by atoms with Crippen LogP contribution in [0.15, 0.2) is 35.1 Å². The van der Waals surface area contributed by atoms with Crippen LogP contribution in [0.3, 0.4) is 0 Å². The average Bonchev–Trinajstić information content (AvgIpc) is 3.42. The number of H-pyrrole nitrogens is 1. The Morgan fingerprint density at radius 3 is 2.80 bits per heavy atom. The van der Waals surface area contributed by atoms with Crippen LogP contribution >= 0.6 is 11.6 Å². The van der Waals surface area contributed by atoms with Crippen molar-refractivity contribution in [3.8, 4) is 11.9 Å². The van der Waals surface area contributed by atoms with Crippen LogP contribution in [0.5, 0.6) is 11.9 Å². The Kier molecular flexibility index (Phi) is 4.90. The summed E-state index contributed by atoms with van der Waals surface area (Å²) in [7, 11) is 0. The van der Waals surface area contributed by atoms with Crippen LogP contribution < -0.4 is 10.3 Å². The predicted molar refractivity (Wildman–Crippen MR) is 116 cm³/mol. The first-order chi connectivity index (χ1) is 14.6. The molecule has 1 N–H and O–H groups in total. The van der Waals surface area contributed by atoms with E-state index in [1.807, 2.05) is 22.8 Å². The number of halogens is 1. The predicted octanol–water partition coefficient (Wildman–Crippen LogP) is 5.18. The van der Waals surface area contributed by atoms with Gasteiger partial charge in [0.2, 0.25) is 5.88 Å². The standard InChI is InChI=1S/C22H22ClN5O2/c1-2-12-28-20-18(25-19(26-20)14-6-3-4-7-14)21(29)27-22(28)30-16-11-10-13-8-5-9-15(23)17(13)24-16/h5,8-11,14H,2-4,6-7,12H2,1H3,(H,25,26). The van der Waals surface area contributed by atoms with E-state index in [0.717, 1.165) is 30.5 Å². The summed E-state index contributed by atoms with van der Waals surface area (Å²) in [5.41, 5.74) is 1.30. The van der Waals surface area contributed by atoms with Gasteiger partial charge >= 0.3 is 11.6 Å². The zero-order chi connectivity index (χ0) is 20.7. The maximum absolute atomic E-state index is 12.7. The third-order valence-corrected chi connectivity index (χ3v) is 5.94. The molecule has 1 saturated carbocycles. The summed E-state index contributed by atoms with van der Waals surface area (Å²) in [6.07, 6.45) is 5.44. The van der Waals surface area contributed by atoms with E-state index in [1.165, 1.54) is 12.8 Å². The van der Waals surface area contributed by atoms with Crippen LogP contribution in [-0.2, 0) is 6.54 Å². The van der Waals surface area contributed by atoms with Gasteiger partial charge in [-0.2, -0.15) is 4.98 Å². The third-order valence-electron chi connectivity index (χ3n) is 5.63. The maximum atomic E-state index is 12.7. The molecule has 3 aromatic heterocycles. The first-order valence-electron chi connectivity index (χ1n) is 10.4. The molecule has 3 heterocycles. The maximum Gasteiger partial charge on any atom is 0.308 e. The van der Waals surface area contributed by atoms with Crippen LogP contribution in [0.2, 0.25) is 5.02 Å². The number of ether oxygens (including phenoxy) is 1. The lowest BCUT2D eigenvalue weighted by molar-refractivity contribution is 0.392. The number of para-hydroxylation sites is 1. The van der Waals surface area contributed by atoms with E-state index in [9.17, 15) is 4.79 Å². The number of imidazole rings is 1. The summed E-state index contributed by atoms with van der Waals surface area (Å²) in [6, 6.07) is 9.42. The topological polar surface area (TPSA) is 85.7 Å². The van der Waals surface area contributed by atoms with Crippen molar-refractivity contribution in [2.24, 2.45) is 0 Å². The molecule has 1 aliphatic rings. The molecule has 5 rings (SSSR count). The van der Waals surface area contributed by atoms with Gasteiger partial charge in [-0.05, 0) is 31.4 Å². The van der Waals surface area contributed by atoms with E-state index < -0.39 is 0 Å². The zero-order valence-corrected chi connectivity index (χ0v) is 17.4. The van der Waals surface area contributed by atoms with Gasteiger partial charge < -0.3 is 9.72 Å². The number of aromatic amines is 1. The molecular weight excluding hydrogens is 402 g/mol. The molecule has 0 unspecified atom stereocenters. The fourth-order valence-corrected chi connectivity index (χ4v) is 4.38. The van der Waals surface area contributed by atoms with E-state index >= 15 is 0 Å². The van der Waals surface area contributed by atoms with Crippen LogP contribution in [0.1, 0.15) is 50.8 Å². The molecule has 0 spiro atoms. The average molecular weight is 424 g/mol. The van der Waals surface area contributed by atoms with Crippen molar-refractivity contribution in [3.63, 3.8) is 0 Å². The largest absolute Gasteiger partial charge is 0.406 e. The molecule has 7 nitrogen and oxygen atoms in total. The fraction of sp³-hybridized carbons (Fsp3) is 0.364. The molecule has 30 heavy (non-hydrogen) atoms. The molecule has 0 bridgehead atoms. The highest BCUT2D eigenvalue weighted by Crippen LogP contribution is 2.33. The molecular formula is C22H22ClN5O2. The number of pyridine rings is 1. The number of aromatic nitrogens is 5. The second kappa shape index (κ2) is 7.72. The highest BCUT2D eigenvalue weighted by molar-refractivity contribution is 6.35. The summed E-state index contributed by atoms with van der Waals surface area (Å²) in [6.45, 7) is 2.69. The minimum atomic E-state index is -0.372. The number of rotatable bonds is 5. The molecule has 154 valence electrons. The van der Waals surface area contributed by atoms with Crippen molar-refractivity contribution in [3.05, 3.63) is 51.5 Å². The van der Waals surface area contributed by atoms with Crippen LogP contribution in [-0.4, -0.2) is 24.5 Å². The van der Waals surface area contributed by atoms with Crippen molar-refractivity contribution >= 4 is 33.7 Å². The van der Waals surface area contributed by atoms with Gasteiger partial charge in [0.15, 0.2) is 11.2 Å².